The van der Waals surface area contributed by atoms with Crippen LogP contribution in [-0.2, 0) is 20.5 Å². The summed E-state index contributed by atoms with van der Waals surface area (Å²) in [5.74, 6) is -0.493. The zero-order valence-corrected chi connectivity index (χ0v) is 12.6. The van der Waals surface area contributed by atoms with Gasteiger partial charge >= 0.3 is 7.12 Å². The summed E-state index contributed by atoms with van der Waals surface area (Å²) in [5, 5.41) is 0. The lowest BCUT2D eigenvalue weighted by molar-refractivity contribution is 0.00578. The molecule has 0 N–H and O–H groups in total. The molecule has 3 nitrogen and oxygen atoms in total. The van der Waals surface area contributed by atoms with Crippen LogP contribution in [0.15, 0.2) is 23.1 Å². The van der Waals surface area contributed by atoms with E-state index in [1.165, 1.54) is 18.4 Å². The van der Waals surface area contributed by atoms with Crippen LogP contribution < -0.4 is 5.46 Å². The van der Waals surface area contributed by atoms with Crippen molar-refractivity contribution in [2.45, 2.75) is 43.8 Å². The quantitative estimate of drug-likeness (QED) is 0.615. The van der Waals surface area contributed by atoms with E-state index in [1.54, 1.807) is 6.07 Å². The molecular weight excluding hydrogens is 266 g/mol. The van der Waals surface area contributed by atoms with E-state index in [4.69, 9.17) is 9.31 Å². The first-order valence-corrected chi connectivity index (χ1v) is 7.68. The Morgan fingerprint density at radius 1 is 1.16 bits per heavy atom. The molecule has 0 spiro atoms. The maximum atomic E-state index is 13.8. The van der Waals surface area contributed by atoms with E-state index >= 15 is 0 Å². The Hall–Kier alpha value is -0.555. The molecule has 19 heavy (non-hydrogen) atoms. The molecule has 1 heterocycles. The first-order chi connectivity index (χ1) is 8.64. The fourth-order valence-electron chi connectivity index (χ4n) is 1.88. The first-order valence-electron chi connectivity index (χ1n) is 6.12. The minimum Gasteiger partial charge on any atom is -0.612 e. The molecule has 1 aliphatic heterocycles. The van der Waals surface area contributed by atoms with Gasteiger partial charge < -0.3 is 13.9 Å². The van der Waals surface area contributed by atoms with E-state index in [0.29, 0.717) is 5.46 Å². The summed E-state index contributed by atoms with van der Waals surface area (Å²) in [6.07, 6.45) is 1.45. The monoisotopic (exact) mass is 284 g/mol. The molecule has 6 heteroatoms. The highest BCUT2D eigenvalue weighted by molar-refractivity contribution is 7.90. The molecule has 1 aliphatic rings. The third kappa shape index (κ3) is 2.67. The second kappa shape index (κ2) is 4.77. The van der Waals surface area contributed by atoms with Crippen LogP contribution in [0.4, 0.5) is 4.39 Å². The summed E-state index contributed by atoms with van der Waals surface area (Å²) in [7, 11) is -0.598. The Morgan fingerprint density at radius 2 is 1.68 bits per heavy atom. The standard InChI is InChI=1S/C13H18BFO3S/c1-12(2)13(3,4)18-14(17-12)9-6-7-11(19(5)16)10(15)8-9/h6-8H,1-5H3. The largest absolute Gasteiger partial charge is 0.612 e. The van der Waals surface area contributed by atoms with Gasteiger partial charge in [-0.1, -0.05) is 6.07 Å². The number of halogens is 1. The van der Waals surface area contributed by atoms with Gasteiger partial charge in [0.05, 0.1) is 11.2 Å². The highest BCUT2D eigenvalue weighted by Gasteiger charge is 2.51. The second-order valence-corrected chi connectivity index (χ2v) is 7.08. The minimum atomic E-state index is -1.34. The number of hydrogen-bond acceptors (Lipinski definition) is 3. The fourth-order valence-corrected chi connectivity index (χ4v) is 2.47. The Bertz CT molecular complexity index is 475. The molecule has 0 saturated carbocycles. The van der Waals surface area contributed by atoms with Crippen molar-refractivity contribution in [3.8, 4) is 0 Å². The van der Waals surface area contributed by atoms with E-state index in [9.17, 15) is 8.94 Å². The lowest BCUT2D eigenvalue weighted by atomic mass is 9.79. The molecule has 1 fully saturated rings. The van der Waals surface area contributed by atoms with Gasteiger partial charge in [-0.25, -0.2) is 4.39 Å². The highest BCUT2D eigenvalue weighted by atomic mass is 32.2. The van der Waals surface area contributed by atoms with Crippen LogP contribution in [-0.4, -0.2) is 29.1 Å². The Kier molecular flexibility index (Phi) is 3.73. The number of hydrogen-bond donors (Lipinski definition) is 0. The number of rotatable bonds is 2. The predicted molar refractivity (Wildman–Crippen MR) is 74.4 cm³/mol. The number of benzene rings is 1. The molecule has 1 aromatic carbocycles. The van der Waals surface area contributed by atoms with Crippen LogP contribution >= 0.6 is 0 Å². The molecular formula is C13H18BFO3S. The molecule has 104 valence electrons. The van der Waals surface area contributed by atoms with Gasteiger partial charge in [0, 0.05) is 0 Å². The lowest BCUT2D eigenvalue weighted by Crippen LogP contribution is -2.41. The van der Waals surface area contributed by atoms with Crippen LogP contribution in [0.2, 0.25) is 0 Å². The third-order valence-corrected chi connectivity index (χ3v) is 4.74. The predicted octanol–water partition coefficient (Wildman–Crippen LogP) is 1.86. The maximum Gasteiger partial charge on any atom is 0.494 e. The summed E-state index contributed by atoms with van der Waals surface area (Å²) in [4.78, 5) is 0.195. The molecule has 0 bridgehead atoms. The summed E-state index contributed by atoms with van der Waals surface area (Å²) in [5.41, 5.74) is -0.314. The van der Waals surface area contributed by atoms with Crippen LogP contribution in [0.5, 0.6) is 0 Å². The summed E-state index contributed by atoms with van der Waals surface area (Å²) < 4.78 is 36.8. The van der Waals surface area contributed by atoms with Crippen LogP contribution in [0.3, 0.4) is 0 Å². The fraction of sp³-hybridized carbons (Fsp3) is 0.538. The van der Waals surface area contributed by atoms with Crippen LogP contribution in [0.1, 0.15) is 27.7 Å². The molecule has 0 aromatic heterocycles. The first kappa shape index (κ1) is 14.8. The van der Waals surface area contributed by atoms with Crippen molar-refractivity contribution in [2.24, 2.45) is 0 Å². The molecule has 1 atom stereocenters. The van der Waals surface area contributed by atoms with E-state index in [0.717, 1.165) is 0 Å². The van der Waals surface area contributed by atoms with Crippen molar-refractivity contribution in [3.63, 3.8) is 0 Å². The molecule has 2 rings (SSSR count). The zero-order chi connectivity index (χ0) is 14.4. The van der Waals surface area contributed by atoms with Gasteiger partial charge in [-0.3, -0.25) is 0 Å². The van der Waals surface area contributed by atoms with Gasteiger partial charge in [-0.2, -0.15) is 0 Å². The second-order valence-electron chi connectivity index (χ2n) is 5.73. The van der Waals surface area contributed by atoms with Crippen molar-refractivity contribution < 1.29 is 18.3 Å². The summed E-state index contributed by atoms with van der Waals surface area (Å²) in [6.45, 7) is 7.77. The molecule has 1 unspecified atom stereocenters. The SMILES string of the molecule is C[S+]([O-])c1ccc(B2OC(C)(C)C(C)(C)O2)cc1F. The van der Waals surface area contributed by atoms with E-state index < -0.39 is 35.3 Å². The van der Waals surface area contributed by atoms with E-state index in [2.05, 4.69) is 0 Å². The Labute approximate surface area is 116 Å². The molecule has 1 aromatic rings. The topological polar surface area (TPSA) is 41.5 Å². The Balaban J connectivity index is 2.28. The normalized spacial score (nSPS) is 22.6. The van der Waals surface area contributed by atoms with Gasteiger partial charge in [0.1, 0.15) is 6.26 Å². The van der Waals surface area contributed by atoms with Gasteiger partial charge in [-0.15, -0.1) is 0 Å². The van der Waals surface area contributed by atoms with E-state index in [-0.39, 0.29) is 4.90 Å². The molecule has 1 saturated heterocycles. The van der Waals surface area contributed by atoms with Crippen molar-refractivity contribution in [1.82, 2.24) is 0 Å². The van der Waals surface area contributed by atoms with Crippen LogP contribution in [0.25, 0.3) is 0 Å². The lowest BCUT2D eigenvalue weighted by Gasteiger charge is -2.32. The van der Waals surface area contributed by atoms with Crippen molar-refractivity contribution >= 4 is 23.8 Å². The average molecular weight is 284 g/mol. The third-order valence-electron chi connectivity index (χ3n) is 3.79. The molecule has 0 radical (unpaired) electrons. The molecule has 0 amide bonds. The van der Waals surface area contributed by atoms with Crippen molar-refractivity contribution in [1.29, 1.82) is 0 Å². The van der Waals surface area contributed by atoms with Gasteiger partial charge in [-0.05, 0) is 56.5 Å². The van der Waals surface area contributed by atoms with Gasteiger partial charge in [0.2, 0.25) is 0 Å². The molecule has 0 aliphatic carbocycles. The zero-order valence-electron chi connectivity index (χ0n) is 11.8. The van der Waals surface area contributed by atoms with E-state index in [1.807, 2.05) is 27.7 Å². The van der Waals surface area contributed by atoms with Crippen molar-refractivity contribution in [2.75, 3.05) is 6.26 Å². The average Bonchev–Trinajstić information content (AvgIpc) is 2.47. The van der Waals surface area contributed by atoms with Crippen LogP contribution in [0, 0.1) is 5.82 Å². The highest BCUT2D eigenvalue weighted by Crippen LogP contribution is 2.36. The maximum absolute atomic E-state index is 13.8. The van der Waals surface area contributed by atoms with Crippen molar-refractivity contribution in [3.05, 3.63) is 24.0 Å². The minimum absolute atomic E-state index is 0.195. The Morgan fingerprint density at radius 3 is 2.11 bits per heavy atom. The summed E-state index contributed by atoms with van der Waals surface area (Å²) in [6, 6.07) is 4.55. The van der Waals surface area contributed by atoms with Gasteiger partial charge in [0.25, 0.3) is 0 Å². The summed E-state index contributed by atoms with van der Waals surface area (Å²) >= 11 is -1.34. The van der Waals surface area contributed by atoms with Gasteiger partial charge in [0.15, 0.2) is 10.7 Å². The smallest absolute Gasteiger partial charge is 0.494 e.